The van der Waals surface area contributed by atoms with Gasteiger partial charge in [-0.15, -0.1) is 11.3 Å². The Hall–Kier alpha value is -2.13. The summed E-state index contributed by atoms with van der Waals surface area (Å²) in [4.78, 5) is 13.9. The third-order valence-electron chi connectivity index (χ3n) is 2.75. The first kappa shape index (κ1) is 15.8. The van der Waals surface area contributed by atoms with E-state index in [-0.39, 0.29) is 10.3 Å². The zero-order chi connectivity index (χ0) is 16.6. The smallest absolute Gasteiger partial charge is 0.265 e. The molecule has 10 heteroatoms. The second-order valence-electron chi connectivity index (χ2n) is 4.27. The molecule has 0 aromatic carbocycles. The second-order valence-corrected chi connectivity index (χ2v) is 5.60. The van der Waals surface area contributed by atoms with E-state index >= 15 is 0 Å². The molecule has 0 N–H and O–H groups in total. The standard InChI is InChI=1S/C13H5ClF4N4S/c14-12-20-5-7(15)8(21-12)9-10(13(16,17)18)22-11(23-9)6-1-3-19-4-2-6/h1-5H. The van der Waals surface area contributed by atoms with Gasteiger partial charge in [-0.3, -0.25) is 4.98 Å². The minimum Gasteiger partial charge on any atom is -0.265 e. The maximum absolute atomic E-state index is 13.9. The number of pyridine rings is 1. The predicted octanol–water partition coefficient (Wildman–Crippen LogP) is 4.47. The minimum atomic E-state index is -4.76. The lowest BCUT2D eigenvalue weighted by atomic mass is 10.2. The molecule has 118 valence electrons. The molecule has 0 saturated heterocycles. The highest BCUT2D eigenvalue weighted by Gasteiger charge is 2.39. The SMILES string of the molecule is Fc1cnc(Cl)nc1-c1sc(-c2ccncc2)nc1C(F)(F)F. The summed E-state index contributed by atoms with van der Waals surface area (Å²) >= 11 is 6.23. The minimum absolute atomic E-state index is 0.0730. The van der Waals surface area contributed by atoms with Crippen LogP contribution < -0.4 is 0 Å². The summed E-state index contributed by atoms with van der Waals surface area (Å²) < 4.78 is 53.5. The van der Waals surface area contributed by atoms with Crippen LogP contribution in [0.2, 0.25) is 5.28 Å². The maximum Gasteiger partial charge on any atom is 0.434 e. The highest BCUT2D eigenvalue weighted by Crippen LogP contribution is 2.43. The van der Waals surface area contributed by atoms with Crippen molar-refractivity contribution in [3.63, 3.8) is 0 Å². The molecule has 0 unspecified atom stereocenters. The Morgan fingerprint density at radius 2 is 1.78 bits per heavy atom. The zero-order valence-electron chi connectivity index (χ0n) is 11.0. The number of nitrogens with zero attached hydrogens (tertiary/aromatic N) is 4. The Morgan fingerprint density at radius 1 is 1.09 bits per heavy atom. The zero-order valence-corrected chi connectivity index (χ0v) is 12.5. The van der Waals surface area contributed by atoms with Crippen molar-refractivity contribution >= 4 is 22.9 Å². The molecule has 0 saturated carbocycles. The molecule has 0 radical (unpaired) electrons. The van der Waals surface area contributed by atoms with E-state index in [9.17, 15) is 17.6 Å². The summed E-state index contributed by atoms with van der Waals surface area (Å²) in [5, 5.41) is -0.280. The first-order valence-electron chi connectivity index (χ1n) is 6.03. The lowest BCUT2D eigenvalue weighted by Gasteiger charge is -2.06. The molecule has 0 fully saturated rings. The number of alkyl halides is 3. The van der Waals surface area contributed by atoms with Gasteiger partial charge in [0.1, 0.15) is 10.7 Å². The third kappa shape index (κ3) is 3.15. The topological polar surface area (TPSA) is 51.6 Å². The molecule has 3 aromatic rings. The van der Waals surface area contributed by atoms with Crippen LogP contribution in [-0.2, 0) is 6.18 Å². The number of hydrogen-bond acceptors (Lipinski definition) is 5. The third-order valence-corrected chi connectivity index (χ3v) is 4.05. The molecule has 23 heavy (non-hydrogen) atoms. The largest absolute Gasteiger partial charge is 0.434 e. The van der Waals surface area contributed by atoms with Gasteiger partial charge in [-0.25, -0.2) is 19.3 Å². The maximum atomic E-state index is 13.9. The van der Waals surface area contributed by atoms with Gasteiger partial charge in [-0.1, -0.05) is 0 Å². The average molecular weight is 361 g/mol. The molecule has 0 aliphatic heterocycles. The molecule has 0 amide bonds. The van der Waals surface area contributed by atoms with E-state index in [0.29, 0.717) is 16.9 Å². The van der Waals surface area contributed by atoms with Crippen molar-refractivity contribution < 1.29 is 17.6 Å². The summed E-state index contributed by atoms with van der Waals surface area (Å²) in [7, 11) is 0. The normalized spacial score (nSPS) is 11.7. The van der Waals surface area contributed by atoms with E-state index in [0.717, 1.165) is 6.20 Å². The fraction of sp³-hybridized carbons (Fsp3) is 0.0769. The Kier molecular flexibility index (Phi) is 3.99. The summed E-state index contributed by atoms with van der Waals surface area (Å²) in [6.07, 6.45) is -1.20. The van der Waals surface area contributed by atoms with Gasteiger partial charge >= 0.3 is 6.18 Å². The highest BCUT2D eigenvalue weighted by molar-refractivity contribution is 7.18. The van der Waals surface area contributed by atoms with Crippen LogP contribution >= 0.6 is 22.9 Å². The van der Waals surface area contributed by atoms with Gasteiger partial charge in [0, 0.05) is 18.0 Å². The molecule has 3 heterocycles. The molecule has 3 rings (SSSR count). The van der Waals surface area contributed by atoms with Crippen LogP contribution in [0.15, 0.2) is 30.7 Å². The van der Waals surface area contributed by atoms with Gasteiger partial charge in [-0.05, 0) is 23.7 Å². The van der Waals surface area contributed by atoms with Crippen molar-refractivity contribution in [2.24, 2.45) is 0 Å². The van der Waals surface area contributed by atoms with E-state index in [1.54, 1.807) is 0 Å². The van der Waals surface area contributed by atoms with Crippen molar-refractivity contribution in [3.05, 3.63) is 47.5 Å². The van der Waals surface area contributed by atoms with E-state index in [2.05, 4.69) is 19.9 Å². The van der Waals surface area contributed by atoms with Crippen molar-refractivity contribution in [2.45, 2.75) is 6.18 Å². The molecular weight excluding hydrogens is 356 g/mol. The van der Waals surface area contributed by atoms with Crippen LogP contribution in [0, 0.1) is 5.82 Å². The van der Waals surface area contributed by atoms with Crippen LogP contribution in [0.1, 0.15) is 5.69 Å². The number of aromatic nitrogens is 4. The summed E-state index contributed by atoms with van der Waals surface area (Å²) in [5.41, 5.74) is -1.32. The molecule has 0 spiro atoms. The quantitative estimate of drug-likeness (QED) is 0.499. The van der Waals surface area contributed by atoms with Gasteiger partial charge in [0.2, 0.25) is 5.28 Å². The van der Waals surface area contributed by atoms with Gasteiger partial charge < -0.3 is 0 Å². The Bertz CT molecular complexity index is 851. The van der Waals surface area contributed by atoms with Crippen LogP contribution in [0.4, 0.5) is 17.6 Å². The number of rotatable bonds is 2. The van der Waals surface area contributed by atoms with E-state index in [4.69, 9.17) is 11.6 Å². The molecule has 0 bridgehead atoms. The Morgan fingerprint density at radius 3 is 2.43 bits per heavy atom. The fourth-order valence-electron chi connectivity index (χ4n) is 1.80. The van der Waals surface area contributed by atoms with Crippen LogP contribution in [0.25, 0.3) is 21.1 Å². The predicted molar refractivity (Wildman–Crippen MR) is 76.3 cm³/mol. The van der Waals surface area contributed by atoms with E-state index < -0.39 is 28.3 Å². The first-order chi connectivity index (χ1) is 10.9. The number of halogens is 5. The van der Waals surface area contributed by atoms with Crippen LogP contribution in [-0.4, -0.2) is 19.9 Å². The van der Waals surface area contributed by atoms with Crippen LogP contribution in [0.5, 0.6) is 0 Å². The summed E-state index contributed by atoms with van der Waals surface area (Å²) in [6.45, 7) is 0. The molecule has 4 nitrogen and oxygen atoms in total. The lowest BCUT2D eigenvalue weighted by Crippen LogP contribution is -2.08. The van der Waals surface area contributed by atoms with Crippen LogP contribution in [0.3, 0.4) is 0 Å². The second kappa shape index (κ2) is 5.82. The van der Waals surface area contributed by atoms with Gasteiger partial charge in [0.15, 0.2) is 11.5 Å². The van der Waals surface area contributed by atoms with E-state index in [1.807, 2.05) is 0 Å². The summed E-state index contributed by atoms with van der Waals surface area (Å²) in [5.74, 6) is -1.01. The van der Waals surface area contributed by atoms with Gasteiger partial charge in [-0.2, -0.15) is 13.2 Å². The van der Waals surface area contributed by atoms with Crippen molar-refractivity contribution in [1.82, 2.24) is 19.9 Å². The average Bonchev–Trinajstić information content (AvgIpc) is 2.96. The fourth-order valence-corrected chi connectivity index (χ4v) is 3.01. The molecule has 0 atom stereocenters. The van der Waals surface area contributed by atoms with Crippen molar-refractivity contribution in [1.29, 1.82) is 0 Å². The van der Waals surface area contributed by atoms with E-state index in [1.165, 1.54) is 24.5 Å². The van der Waals surface area contributed by atoms with Crippen molar-refractivity contribution in [2.75, 3.05) is 0 Å². The molecule has 3 aromatic heterocycles. The molecule has 0 aliphatic carbocycles. The van der Waals surface area contributed by atoms with Crippen molar-refractivity contribution in [3.8, 4) is 21.1 Å². The number of hydrogen-bond donors (Lipinski definition) is 0. The summed E-state index contributed by atoms with van der Waals surface area (Å²) in [6, 6.07) is 3.01. The first-order valence-corrected chi connectivity index (χ1v) is 7.22. The van der Waals surface area contributed by atoms with Gasteiger partial charge in [0.05, 0.1) is 11.1 Å². The highest BCUT2D eigenvalue weighted by atomic mass is 35.5. The van der Waals surface area contributed by atoms with Gasteiger partial charge in [0.25, 0.3) is 0 Å². The monoisotopic (exact) mass is 360 g/mol. The number of thiazole rings is 1. The Balaban J connectivity index is 2.23. The molecule has 0 aliphatic rings. The molecular formula is C13H5ClF4N4S. The Labute approximate surface area is 135 Å². The lowest BCUT2D eigenvalue weighted by molar-refractivity contribution is -0.140.